The molecule has 0 aliphatic heterocycles. The van der Waals surface area contributed by atoms with E-state index >= 15 is 0 Å². The Balaban J connectivity index is 3.06. The Hall–Kier alpha value is -0.530. The molecule has 0 fully saturated rings. The van der Waals surface area contributed by atoms with E-state index in [1.54, 1.807) is 0 Å². The lowest BCUT2D eigenvalue weighted by molar-refractivity contribution is -0.121. The quantitative estimate of drug-likeness (QED) is 0.248. The van der Waals surface area contributed by atoms with E-state index in [0.717, 1.165) is 32.2 Å². The maximum absolute atomic E-state index is 11.5. The highest BCUT2D eigenvalue weighted by Gasteiger charge is 2.00. The minimum Gasteiger partial charge on any atom is -0.356 e. The van der Waals surface area contributed by atoms with Gasteiger partial charge in [0.15, 0.2) is 0 Å². The van der Waals surface area contributed by atoms with Gasteiger partial charge < -0.3 is 5.32 Å². The number of rotatable bonds is 19. The summed E-state index contributed by atoms with van der Waals surface area (Å²) < 4.78 is 0. The first-order valence-corrected chi connectivity index (χ1v) is 11.1. The second kappa shape index (κ2) is 20.5. The summed E-state index contributed by atoms with van der Waals surface area (Å²) in [4.78, 5) is 11.5. The van der Waals surface area contributed by atoms with Crippen molar-refractivity contribution in [3.8, 4) is 0 Å². The lowest BCUT2D eigenvalue weighted by atomic mass is 10.0. The van der Waals surface area contributed by atoms with Crippen LogP contribution in [0.25, 0.3) is 0 Å². The zero-order valence-corrected chi connectivity index (χ0v) is 16.8. The van der Waals surface area contributed by atoms with Gasteiger partial charge in [-0.2, -0.15) is 0 Å². The van der Waals surface area contributed by atoms with Crippen LogP contribution in [0.15, 0.2) is 0 Å². The third-order valence-corrected chi connectivity index (χ3v) is 4.86. The fourth-order valence-electron chi connectivity index (χ4n) is 3.15. The average molecular weight is 340 g/mol. The van der Waals surface area contributed by atoms with E-state index in [-0.39, 0.29) is 5.91 Å². The molecule has 0 radical (unpaired) electrons. The highest BCUT2D eigenvalue weighted by atomic mass is 16.1. The molecule has 0 spiro atoms. The van der Waals surface area contributed by atoms with Crippen molar-refractivity contribution in [1.82, 2.24) is 5.32 Å². The number of unbranched alkanes of at least 4 members (excludes halogenated alkanes) is 15. The van der Waals surface area contributed by atoms with Gasteiger partial charge in [0, 0.05) is 13.0 Å². The Morgan fingerprint density at radius 1 is 0.542 bits per heavy atom. The summed E-state index contributed by atoms with van der Waals surface area (Å²) in [6.45, 7) is 5.29. The lowest BCUT2D eigenvalue weighted by Gasteiger charge is -2.05. The number of nitrogens with one attached hydrogen (secondary N) is 1. The monoisotopic (exact) mass is 339 g/mol. The van der Waals surface area contributed by atoms with E-state index in [9.17, 15) is 4.79 Å². The molecule has 0 heterocycles. The van der Waals surface area contributed by atoms with Gasteiger partial charge in [-0.3, -0.25) is 4.79 Å². The van der Waals surface area contributed by atoms with Crippen molar-refractivity contribution in [2.75, 3.05) is 6.54 Å². The third kappa shape index (κ3) is 19.5. The number of hydrogen-bond donors (Lipinski definition) is 1. The largest absolute Gasteiger partial charge is 0.356 e. The molecule has 1 amide bonds. The van der Waals surface area contributed by atoms with Crippen LogP contribution in [0.1, 0.15) is 129 Å². The summed E-state index contributed by atoms with van der Waals surface area (Å²) >= 11 is 0. The van der Waals surface area contributed by atoms with Gasteiger partial charge in [0.2, 0.25) is 5.91 Å². The van der Waals surface area contributed by atoms with E-state index in [1.165, 1.54) is 89.9 Å². The van der Waals surface area contributed by atoms with Crippen molar-refractivity contribution in [2.45, 2.75) is 129 Å². The van der Waals surface area contributed by atoms with Gasteiger partial charge in [-0.25, -0.2) is 0 Å². The standard InChI is InChI=1S/C22H45NO/c1-3-5-7-8-9-10-11-12-13-14-15-16-17-18-19-20-22(24)23-21-6-4-2/h3-21H2,1-2H3,(H,23,24). The van der Waals surface area contributed by atoms with Gasteiger partial charge in [0.25, 0.3) is 0 Å². The SMILES string of the molecule is CCCCCCCCCCCCCCCCCC(=O)NCCCC. The van der Waals surface area contributed by atoms with Crippen LogP contribution in [0.5, 0.6) is 0 Å². The van der Waals surface area contributed by atoms with Crippen LogP contribution in [0.2, 0.25) is 0 Å². The molecule has 0 aromatic carbocycles. The zero-order chi connectivity index (χ0) is 17.7. The highest BCUT2D eigenvalue weighted by molar-refractivity contribution is 5.75. The smallest absolute Gasteiger partial charge is 0.219 e. The van der Waals surface area contributed by atoms with Crippen LogP contribution in [-0.2, 0) is 4.79 Å². The number of amides is 1. The second-order valence-electron chi connectivity index (χ2n) is 7.40. The molecule has 0 aromatic rings. The van der Waals surface area contributed by atoms with Gasteiger partial charge in [-0.05, 0) is 12.8 Å². The van der Waals surface area contributed by atoms with E-state index in [0.29, 0.717) is 0 Å². The lowest BCUT2D eigenvalue weighted by Crippen LogP contribution is -2.23. The summed E-state index contributed by atoms with van der Waals surface area (Å²) in [5.74, 6) is 0.248. The van der Waals surface area contributed by atoms with Crippen LogP contribution < -0.4 is 5.32 Å². The Morgan fingerprint density at radius 2 is 0.917 bits per heavy atom. The van der Waals surface area contributed by atoms with Crippen molar-refractivity contribution in [1.29, 1.82) is 0 Å². The molecular formula is C22H45NO. The van der Waals surface area contributed by atoms with Crippen LogP contribution in [0.4, 0.5) is 0 Å². The molecule has 1 N–H and O–H groups in total. The van der Waals surface area contributed by atoms with Gasteiger partial charge in [-0.15, -0.1) is 0 Å². The van der Waals surface area contributed by atoms with E-state index in [4.69, 9.17) is 0 Å². The Labute approximate surface area is 152 Å². The molecule has 0 aliphatic rings. The van der Waals surface area contributed by atoms with E-state index in [2.05, 4.69) is 19.2 Å². The first-order chi connectivity index (χ1) is 11.8. The van der Waals surface area contributed by atoms with Gasteiger partial charge >= 0.3 is 0 Å². The van der Waals surface area contributed by atoms with Gasteiger partial charge in [0.1, 0.15) is 0 Å². The molecule has 24 heavy (non-hydrogen) atoms. The fraction of sp³-hybridized carbons (Fsp3) is 0.955. The van der Waals surface area contributed by atoms with Gasteiger partial charge in [-0.1, -0.05) is 110 Å². The highest BCUT2D eigenvalue weighted by Crippen LogP contribution is 2.13. The van der Waals surface area contributed by atoms with Crippen molar-refractivity contribution in [3.63, 3.8) is 0 Å². The Kier molecular flexibility index (Phi) is 20.1. The molecule has 0 aliphatic carbocycles. The van der Waals surface area contributed by atoms with Crippen molar-refractivity contribution in [3.05, 3.63) is 0 Å². The van der Waals surface area contributed by atoms with Crippen LogP contribution in [0.3, 0.4) is 0 Å². The molecule has 2 heteroatoms. The topological polar surface area (TPSA) is 29.1 Å². The summed E-state index contributed by atoms with van der Waals surface area (Å²) in [6.07, 6.45) is 23.6. The predicted octanol–water partition coefficient (Wildman–Crippen LogP) is 7.16. The average Bonchev–Trinajstić information content (AvgIpc) is 2.58. The van der Waals surface area contributed by atoms with Crippen LogP contribution in [0, 0.1) is 0 Å². The first-order valence-electron chi connectivity index (χ1n) is 11.1. The molecule has 0 aromatic heterocycles. The maximum atomic E-state index is 11.5. The van der Waals surface area contributed by atoms with Crippen molar-refractivity contribution in [2.24, 2.45) is 0 Å². The molecule has 0 saturated heterocycles. The Bertz CT molecular complexity index is 252. The van der Waals surface area contributed by atoms with Gasteiger partial charge in [0.05, 0.1) is 0 Å². The number of carbonyl (C=O) groups excluding carboxylic acids is 1. The van der Waals surface area contributed by atoms with E-state index < -0.39 is 0 Å². The minimum absolute atomic E-state index is 0.248. The van der Waals surface area contributed by atoms with Crippen LogP contribution >= 0.6 is 0 Å². The van der Waals surface area contributed by atoms with Crippen molar-refractivity contribution >= 4 is 5.91 Å². The zero-order valence-electron chi connectivity index (χ0n) is 16.8. The van der Waals surface area contributed by atoms with Crippen LogP contribution in [-0.4, -0.2) is 12.5 Å². The third-order valence-electron chi connectivity index (χ3n) is 4.86. The predicted molar refractivity (Wildman–Crippen MR) is 107 cm³/mol. The molecule has 0 atom stereocenters. The number of hydrogen-bond acceptors (Lipinski definition) is 1. The fourth-order valence-corrected chi connectivity index (χ4v) is 3.15. The maximum Gasteiger partial charge on any atom is 0.219 e. The van der Waals surface area contributed by atoms with E-state index in [1.807, 2.05) is 0 Å². The second-order valence-corrected chi connectivity index (χ2v) is 7.40. The molecule has 0 saturated carbocycles. The summed E-state index contributed by atoms with van der Waals surface area (Å²) in [5.41, 5.74) is 0. The first kappa shape index (κ1) is 23.5. The normalized spacial score (nSPS) is 10.9. The number of carbonyl (C=O) groups is 1. The molecule has 144 valence electrons. The molecule has 0 unspecified atom stereocenters. The Morgan fingerprint density at radius 3 is 1.33 bits per heavy atom. The molecule has 2 nitrogen and oxygen atoms in total. The molecular weight excluding hydrogens is 294 g/mol. The summed E-state index contributed by atoms with van der Waals surface area (Å²) in [6, 6.07) is 0. The molecule has 0 bridgehead atoms. The molecule has 0 rings (SSSR count). The summed E-state index contributed by atoms with van der Waals surface area (Å²) in [7, 11) is 0. The van der Waals surface area contributed by atoms with Crippen molar-refractivity contribution < 1.29 is 4.79 Å². The minimum atomic E-state index is 0.248. The summed E-state index contributed by atoms with van der Waals surface area (Å²) in [5, 5.41) is 2.99.